The molecule has 0 saturated carbocycles. The van der Waals surface area contributed by atoms with Crippen molar-refractivity contribution in [1.82, 2.24) is 9.55 Å². The summed E-state index contributed by atoms with van der Waals surface area (Å²) in [6.07, 6.45) is 3.76. The maximum Gasteiger partial charge on any atom is 0.258 e. The van der Waals surface area contributed by atoms with E-state index in [2.05, 4.69) is 39.7 Å². The van der Waals surface area contributed by atoms with Crippen molar-refractivity contribution in [3.05, 3.63) is 54.4 Å². The third-order valence-corrected chi connectivity index (χ3v) is 4.96. The predicted molar refractivity (Wildman–Crippen MR) is 112 cm³/mol. The molecule has 6 nitrogen and oxygen atoms in total. The van der Waals surface area contributed by atoms with Gasteiger partial charge in [0.15, 0.2) is 0 Å². The number of aromatic nitrogens is 2. The molecule has 0 unspecified atom stereocenters. The zero-order valence-electron chi connectivity index (χ0n) is 16.4. The van der Waals surface area contributed by atoms with Crippen LogP contribution in [0.3, 0.4) is 0 Å². The van der Waals surface area contributed by atoms with Crippen LogP contribution < -0.4 is 10.2 Å². The third-order valence-electron chi connectivity index (χ3n) is 4.96. The van der Waals surface area contributed by atoms with Crippen LogP contribution >= 0.6 is 0 Å². The van der Waals surface area contributed by atoms with Crippen molar-refractivity contribution in [1.29, 1.82) is 0 Å². The van der Waals surface area contributed by atoms with Crippen molar-refractivity contribution < 1.29 is 9.53 Å². The number of amides is 1. The van der Waals surface area contributed by atoms with Crippen LogP contribution in [-0.2, 0) is 11.3 Å². The minimum absolute atomic E-state index is 0.134. The molecule has 0 atom stereocenters. The second-order valence-corrected chi connectivity index (χ2v) is 7.56. The zero-order valence-corrected chi connectivity index (χ0v) is 16.4. The highest BCUT2D eigenvalue weighted by molar-refractivity contribution is 6.12. The van der Waals surface area contributed by atoms with Gasteiger partial charge >= 0.3 is 0 Å². The van der Waals surface area contributed by atoms with E-state index in [1.165, 1.54) is 0 Å². The number of para-hydroxylation sites is 1. The molecular formula is C22H26N4O2. The van der Waals surface area contributed by atoms with Crippen LogP contribution in [0, 0.1) is 5.92 Å². The normalized spacial score (nSPS) is 14.6. The Morgan fingerprint density at radius 3 is 2.68 bits per heavy atom. The van der Waals surface area contributed by atoms with E-state index in [1.54, 1.807) is 0 Å². The summed E-state index contributed by atoms with van der Waals surface area (Å²) in [4.78, 5) is 19.6. The number of benzene rings is 1. The number of hydrogen-bond donors (Lipinski definition) is 1. The zero-order chi connectivity index (χ0) is 19.5. The molecule has 0 spiro atoms. The topological polar surface area (TPSA) is 59.4 Å². The summed E-state index contributed by atoms with van der Waals surface area (Å²) in [5, 5.41) is 3.90. The molecule has 28 heavy (non-hydrogen) atoms. The first-order valence-electron chi connectivity index (χ1n) is 9.80. The maximum absolute atomic E-state index is 12.9. The van der Waals surface area contributed by atoms with E-state index < -0.39 is 0 Å². The second-order valence-electron chi connectivity index (χ2n) is 7.56. The van der Waals surface area contributed by atoms with E-state index in [1.807, 2.05) is 42.7 Å². The average Bonchev–Trinajstić information content (AvgIpc) is 3.07. The van der Waals surface area contributed by atoms with Gasteiger partial charge < -0.3 is 19.5 Å². The number of ether oxygens (including phenoxy) is 1. The van der Waals surface area contributed by atoms with Gasteiger partial charge in [-0.15, -0.1) is 0 Å². The Labute approximate surface area is 165 Å². The lowest BCUT2D eigenvalue weighted by molar-refractivity contribution is 0.102. The molecule has 1 saturated heterocycles. The van der Waals surface area contributed by atoms with Crippen molar-refractivity contribution in [2.24, 2.45) is 5.92 Å². The van der Waals surface area contributed by atoms with Crippen LogP contribution in [0.1, 0.15) is 24.2 Å². The highest BCUT2D eigenvalue weighted by atomic mass is 16.5. The molecular weight excluding hydrogens is 352 g/mol. The lowest BCUT2D eigenvalue weighted by Crippen LogP contribution is -2.36. The first-order chi connectivity index (χ1) is 13.6. The van der Waals surface area contributed by atoms with Crippen LogP contribution in [0.4, 0.5) is 11.5 Å². The largest absolute Gasteiger partial charge is 0.378 e. The molecule has 0 aliphatic carbocycles. The first kappa shape index (κ1) is 18.5. The van der Waals surface area contributed by atoms with Crippen LogP contribution in [0.25, 0.3) is 10.9 Å². The minimum Gasteiger partial charge on any atom is -0.378 e. The molecule has 1 amide bonds. The Balaban J connectivity index is 1.53. The van der Waals surface area contributed by atoms with Crippen molar-refractivity contribution >= 4 is 28.3 Å². The van der Waals surface area contributed by atoms with Crippen LogP contribution in [0.15, 0.2) is 48.8 Å². The molecule has 1 aliphatic rings. The Hall–Kier alpha value is -2.86. The van der Waals surface area contributed by atoms with Gasteiger partial charge in [-0.05, 0) is 24.1 Å². The summed E-state index contributed by atoms with van der Waals surface area (Å²) in [6.45, 7) is 8.42. The van der Waals surface area contributed by atoms with Gasteiger partial charge in [-0.25, -0.2) is 4.98 Å². The fourth-order valence-corrected chi connectivity index (χ4v) is 3.62. The van der Waals surface area contributed by atoms with E-state index in [4.69, 9.17) is 4.74 Å². The quantitative estimate of drug-likeness (QED) is 0.734. The standard InChI is InChI=1S/C22H26N4O2/c1-16(2)14-26-15-19(18-5-3-4-6-20(18)26)22(27)24-21-8-7-17(13-23-21)25-9-11-28-12-10-25/h3-8,13,15-16H,9-12,14H2,1-2H3,(H,23,24,27). The molecule has 0 bridgehead atoms. The molecule has 1 aromatic carbocycles. The number of carbonyl (C=O) groups is 1. The van der Waals surface area contributed by atoms with Crippen molar-refractivity contribution in [2.75, 3.05) is 36.5 Å². The monoisotopic (exact) mass is 378 g/mol. The third kappa shape index (κ3) is 3.87. The van der Waals surface area contributed by atoms with E-state index in [0.717, 1.165) is 49.4 Å². The number of hydrogen-bond acceptors (Lipinski definition) is 4. The SMILES string of the molecule is CC(C)Cn1cc(C(=O)Nc2ccc(N3CCOCC3)cn2)c2ccccc21. The molecule has 146 valence electrons. The summed E-state index contributed by atoms with van der Waals surface area (Å²) in [5.74, 6) is 0.925. The molecule has 4 rings (SSSR count). The summed E-state index contributed by atoms with van der Waals surface area (Å²) < 4.78 is 7.54. The first-order valence-corrected chi connectivity index (χ1v) is 9.80. The summed E-state index contributed by atoms with van der Waals surface area (Å²) >= 11 is 0. The molecule has 3 aromatic rings. The highest BCUT2D eigenvalue weighted by Crippen LogP contribution is 2.24. The van der Waals surface area contributed by atoms with E-state index in [0.29, 0.717) is 17.3 Å². The summed E-state index contributed by atoms with van der Waals surface area (Å²) in [6, 6.07) is 11.9. The number of carbonyl (C=O) groups excluding carboxylic acids is 1. The Morgan fingerprint density at radius 2 is 1.96 bits per heavy atom. The number of nitrogens with zero attached hydrogens (tertiary/aromatic N) is 3. The number of fused-ring (bicyclic) bond motifs is 1. The van der Waals surface area contributed by atoms with Crippen LogP contribution in [0.2, 0.25) is 0 Å². The number of anilines is 2. The van der Waals surface area contributed by atoms with Gasteiger partial charge in [-0.1, -0.05) is 32.0 Å². The average molecular weight is 378 g/mol. The van der Waals surface area contributed by atoms with Gasteiger partial charge in [-0.3, -0.25) is 4.79 Å². The Bertz CT molecular complexity index is 956. The number of nitrogens with one attached hydrogen (secondary N) is 1. The van der Waals surface area contributed by atoms with Gasteiger partial charge in [0.2, 0.25) is 0 Å². The van der Waals surface area contributed by atoms with Gasteiger partial charge in [0.1, 0.15) is 5.82 Å². The maximum atomic E-state index is 12.9. The molecule has 3 heterocycles. The lowest BCUT2D eigenvalue weighted by atomic mass is 10.1. The minimum atomic E-state index is -0.134. The van der Waals surface area contributed by atoms with Crippen LogP contribution in [0.5, 0.6) is 0 Å². The molecule has 0 radical (unpaired) electrons. The fourth-order valence-electron chi connectivity index (χ4n) is 3.62. The fraction of sp³-hybridized carbons (Fsp3) is 0.364. The highest BCUT2D eigenvalue weighted by Gasteiger charge is 2.16. The van der Waals surface area contributed by atoms with E-state index in [-0.39, 0.29) is 5.91 Å². The number of rotatable bonds is 5. The number of morpholine rings is 1. The molecule has 1 aliphatic heterocycles. The Morgan fingerprint density at radius 1 is 1.18 bits per heavy atom. The second kappa shape index (κ2) is 8.02. The van der Waals surface area contributed by atoms with Crippen molar-refractivity contribution in [3.8, 4) is 0 Å². The van der Waals surface area contributed by atoms with E-state index >= 15 is 0 Å². The lowest BCUT2D eigenvalue weighted by Gasteiger charge is -2.28. The van der Waals surface area contributed by atoms with Crippen molar-refractivity contribution in [3.63, 3.8) is 0 Å². The van der Waals surface area contributed by atoms with Gasteiger partial charge in [-0.2, -0.15) is 0 Å². The van der Waals surface area contributed by atoms with Crippen LogP contribution in [-0.4, -0.2) is 41.8 Å². The molecule has 2 aromatic heterocycles. The predicted octanol–water partition coefficient (Wildman–Crippen LogP) is 3.78. The summed E-state index contributed by atoms with van der Waals surface area (Å²) in [7, 11) is 0. The Kier molecular flexibility index (Phi) is 5.30. The smallest absolute Gasteiger partial charge is 0.258 e. The van der Waals surface area contributed by atoms with Gasteiger partial charge in [0, 0.05) is 36.7 Å². The summed E-state index contributed by atoms with van der Waals surface area (Å²) in [5.41, 5.74) is 2.81. The van der Waals surface area contributed by atoms with Crippen molar-refractivity contribution in [2.45, 2.75) is 20.4 Å². The van der Waals surface area contributed by atoms with Gasteiger partial charge in [0.25, 0.3) is 5.91 Å². The number of pyridine rings is 1. The molecule has 1 fully saturated rings. The molecule has 6 heteroatoms. The molecule has 1 N–H and O–H groups in total. The van der Waals surface area contributed by atoms with E-state index in [9.17, 15) is 4.79 Å². The van der Waals surface area contributed by atoms with Gasteiger partial charge in [0.05, 0.1) is 30.7 Å².